The fraction of sp³-hybridized carbons (Fsp3) is 0.567. The number of aromatic hydroxyl groups is 1. The number of hydrogen-bond donors (Lipinski definition) is 18. The number of likely N-dealkylation sites (N-methyl/N-ethyl adjacent to an activating group) is 1. The first-order valence-electron chi connectivity index (χ1n) is 44.9. The molecule has 0 spiro atoms. The third-order valence-corrected chi connectivity index (χ3v) is 25.5. The Morgan fingerprint density at radius 1 is 0.622 bits per heavy atom. The normalized spacial score (nSPS) is 14.9. The van der Waals surface area contributed by atoms with E-state index in [1.165, 1.54) is 29.5 Å². The number of carboxylic acid groups (broad SMARTS) is 5. The predicted molar refractivity (Wildman–Crippen MR) is 499 cm³/mol. The molecule has 13 amide bonds. The molecule has 0 aliphatic carbocycles. The van der Waals surface area contributed by atoms with Crippen LogP contribution in [0.25, 0.3) is 0 Å². The van der Waals surface area contributed by atoms with E-state index in [0.717, 1.165) is 45.9 Å². The topological polar surface area (TPSA) is 628 Å². The first-order chi connectivity index (χ1) is 64.2. The van der Waals surface area contributed by atoms with E-state index in [4.69, 9.17) is 20.3 Å². The van der Waals surface area contributed by atoms with E-state index in [9.17, 15) is 112 Å². The second-order valence-corrected chi connectivity index (χ2v) is 36.9. The molecule has 19 N–H and O–H groups in total. The Bertz CT molecular complexity index is 4610. The Morgan fingerprint density at radius 2 is 1.27 bits per heavy atom. The minimum Gasteiger partial charge on any atom is -0.508 e. The van der Waals surface area contributed by atoms with Crippen molar-refractivity contribution in [3.8, 4) is 5.75 Å². The molecular formula is C90H130N16O26S3. The van der Waals surface area contributed by atoms with Crippen molar-refractivity contribution in [2.45, 2.75) is 250 Å². The van der Waals surface area contributed by atoms with Gasteiger partial charge in [-0.1, -0.05) is 156 Å². The minimum absolute atomic E-state index is 0.00250. The summed E-state index contributed by atoms with van der Waals surface area (Å²) in [5.74, 6) is -16.2. The van der Waals surface area contributed by atoms with Crippen LogP contribution in [0.3, 0.4) is 0 Å². The number of thiazole rings is 1. The van der Waals surface area contributed by atoms with Crippen LogP contribution in [0.5, 0.6) is 5.75 Å². The molecule has 2 heterocycles. The van der Waals surface area contributed by atoms with Gasteiger partial charge in [-0.25, -0.2) is 34.4 Å². The lowest BCUT2D eigenvalue weighted by Gasteiger charge is -2.39. The summed E-state index contributed by atoms with van der Waals surface area (Å²) in [4.78, 5) is 244. The summed E-state index contributed by atoms with van der Waals surface area (Å²) in [6, 6.07) is 8.05. The average molecular weight is 1950 g/mol. The molecule has 3 aromatic carbocycles. The average Bonchev–Trinajstić information content (AvgIpc) is 1.67. The van der Waals surface area contributed by atoms with Gasteiger partial charge < -0.3 is 103 Å². The van der Waals surface area contributed by atoms with Gasteiger partial charge in [-0.05, 0) is 131 Å². The maximum atomic E-state index is 14.8. The number of esters is 1. The molecule has 0 saturated carbocycles. The number of anilines is 1. The van der Waals surface area contributed by atoms with Gasteiger partial charge in [-0.15, -0.1) is 11.3 Å². The molecule has 1 saturated heterocycles. The molecule has 0 bridgehead atoms. The lowest BCUT2D eigenvalue weighted by atomic mass is 9.93. The van der Waals surface area contributed by atoms with Crippen LogP contribution in [0.2, 0.25) is 0 Å². The number of aliphatic carboxylic acids is 5. The Morgan fingerprint density at radius 3 is 1.90 bits per heavy atom. The van der Waals surface area contributed by atoms with E-state index in [-0.39, 0.29) is 117 Å². The minimum atomic E-state index is -1.91. The van der Waals surface area contributed by atoms with Crippen LogP contribution in [-0.2, 0) is 101 Å². The summed E-state index contributed by atoms with van der Waals surface area (Å²) in [6.45, 7) is 11.8. The second kappa shape index (κ2) is 60.2. The summed E-state index contributed by atoms with van der Waals surface area (Å²) in [5.41, 5.74) is 13.1. The summed E-state index contributed by atoms with van der Waals surface area (Å²) in [6.07, 6.45) is 3.61. The van der Waals surface area contributed by atoms with Gasteiger partial charge in [-0.2, -0.15) is 0 Å². The lowest BCUT2D eigenvalue weighted by molar-refractivity contribution is -0.159. The predicted octanol–water partition coefficient (Wildman–Crippen LogP) is 4.81. The van der Waals surface area contributed by atoms with Crippen LogP contribution < -0.4 is 69.3 Å². The van der Waals surface area contributed by atoms with Crippen molar-refractivity contribution < 1.29 is 126 Å². The summed E-state index contributed by atoms with van der Waals surface area (Å²) in [5, 5.41) is 82.5. The number of ether oxygens (including phenoxy) is 2. The van der Waals surface area contributed by atoms with Crippen LogP contribution in [0.4, 0.5) is 15.3 Å². The molecule has 1 fully saturated rings. The van der Waals surface area contributed by atoms with Crippen molar-refractivity contribution >= 4 is 146 Å². The van der Waals surface area contributed by atoms with E-state index in [2.05, 4.69) is 58.4 Å². The Balaban J connectivity index is 1.09. The zero-order valence-corrected chi connectivity index (χ0v) is 79.7. The number of likely N-dealkylation sites (tertiary alicyclic amines) is 1. The molecule has 0 radical (unpaired) electrons. The first kappa shape index (κ1) is 113. The summed E-state index contributed by atoms with van der Waals surface area (Å²) >= 11 is 1.23. The molecule has 42 nitrogen and oxygen atoms in total. The fourth-order valence-corrected chi connectivity index (χ4v) is 17.2. The standard InChI is InChI=1S/C90H130N16O26S3/c1-9-23-77(115)132-52-106(85(122)78(54(5)10-2)101-84(121)70-28-20-22-41-104(70)8)68(53(3)4)36-38-73-96-66(50-133-73)83(120)94-59(45-58-30-32-60(107)33-31-58)44-56(7)79(116)102-103-90(130)131-42-43-134-135-51-67(88(127)128)98-82(119)65(47-76(113)114)97-80(117)61(91)49-105(69-27-19-18-24-55(69)6)74(110)48-93-81(118)64(46-57-25-15-14-16-26-57)95-72(109)29-17-12-11-13-21-40-92-71(108)37-34-62(86(123)124)99-89(129)100-63(87(125)126)35-39-75(111)112/h14-16,18-19,24-27,30-33,50,53-54,56,59,61-65,67-68,70,78,107H,9-13,17,20-23,28-29,34-49,51-52,91H2,1-8H3,(H,92,108)(H,93,118)(H,94,120)(H,95,109)(H,97,117)(H,98,119)(H,101,121)(H,102,116)(H,103,130)(H,111,112)(H,113,114)(H,123,124)(H,125,126)(H,127,128)(H2,99,100,129)/t54?,56-,59+,61-,62-,63-,64-,65?,67-,68?,70+,78-/m0/s1. The molecule has 12 atom stereocenters. The number of nitrogens with zero attached hydrogens (tertiary/aromatic N) is 4. The zero-order chi connectivity index (χ0) is 99.8. The third kappa shape index (κ3) is 42.1. The highest BCUT2D eigenvalue weighted by molar-refractivity contribution is 8.76. The van der Waals surface area contributed by atoms with Gasteiger partial charge in [0.25, 0.3) is 5.91 Å². The number of benzene rings is 3. The number of aryl methyl sites for hydroxylation is 2. The lowest BCUT2D eigenvalue weighted by Crippen LogP contribution is -2.59. The van der Waals surface area contributed by atoms with Crippen molar-refractivity contribution in [2.24, 2.45) is 23.5 Å². The molecule has 135 heavy (non-hydrogen) atoms. The van der Waals surface area contributed by atoms with E-state index in [0.29, 0.717) is 85.9 Å². The number of unbranched alkanes of at least 4 members (excludes halogenated alkanes) is 4. The van der Waals surface area contributed by atoms with E-state index in [1.54, 1.807) is 84.8 Å². The highest BCUT2D eigenvalue weighted by Gasteiger charge is 2.40. The number of para-hydroxylation sites is 1. The summed E-state index contributed by atoms with van der Waals surface area (Å²) < 4.78 is 10.9. The number of carbonyl (C=O) groups is 18. The highest BCUT2D eigenvalue weighted by Crippen LogP contribution is 2.28. The van der Waals surface area contributed by atoms with Crippen molar-refractivity contribution in [2.75, 3.05) is 63.0 Å². The van der Waals surface area contributed by atoms with Crippen molar-refractivity contribution in [3.63, 3.8) is 0 Å². The molecule has 5 rings (SSSR count). The first-order valence-corrected chi connectivity index (χ1v) is 48.3. The second-order valence-electron chi connectivity index (χ2n) is 33.3. The van der Waals surface area contributed by atoms with Gasteiger partial charge in [-0.3, -0.25) is 72.7 Å². The number of phenolic OH excluding ortho intramolecular Hbond substituents is 1. The Labute approximate surface area is 795 Å². The van der Waals surface area contributed by atoms with Crippen molar-refractivity contribution in [3.05, 3.63) is 112 Å². The number of amides is 13. The van der Waals surface area contributed by atoms with Crippen LogP contribution >= 0.6 is 32.9 Å². The molecule has 1 aliphatic rings. The van der Waals surface area contributed by atoms with Crippen LogP contribution in [0.15, 0.2) is 84.2 Å². The SMILES string of the molecule is CCCC(=O)OCN(C(=O)[C@@H](NC(=O)[C@H]1CCCCN1C)C(C)CC)C(CCc1nc(C(=O)N[C@@H](Cc2ccc(O)cc2)C[C@H](C)C(=O)NNC(=O)OCCSSC[C@H](NC(=O)C(CC(=O)O)NC(=O)[C@@H](N)CN(C(=O)CNC(=O)[C@H](Cc2ccccc2)NC(=O)CCCCCCCNC(=O)CC[C@H](NC(=O)N[C@@H](CCC(=O)O)C(=O)O)C(=O)O)c2ccccc2C)C(=O)O)cs1)C(C)C. The van der Waals surface area contributed by atoms with E-state index >= 15 is 0 Å². The molecule has 1 aliphatic heterocycles. The van der Waals surface area contributed by atoms with Gasteiger partial charge in [0.1, 0.15) is 60.3 Å². The highest BCUT2D eigenvalue weighted by atomic mass is 33.1. The van der Waals surface area contributed by atoms with Gasteiger partial charge in [0, 0.05) is 85.6 Å². The Kier molecular flexibility index (Phi) is 50.5. The number of hydrazine groups is 1. The molecule has 1 aromatic heterocycles. The Hall–Kier alpha value is -12.2. The number of urea groups is 1. The number of carbonyl (C=O) groups excluding carboxylic acids is 13. The van der Waals surface area contributed by atoms with Crippen LogP contribution in [0.1, 0.15) is 196 Å². The number of rotatable bonds is 61. The molecule has 744 valence electrons. The zero-order valence-electron chi connectivity index (χ0n) is 77.2. The van der Waals surface area contributed by atoms with Crippen molar-refractivity contribution in [1.29, 1.82) is 0 Å². The maximum Gasteiger partial charge on any atom is 0.426 e. The van der Waals surface area contributed by atoms with Gasteiger partial charge in [0.2, 0.25) is 53.2 Å². The number of hydrogen-bond acceptors (Lipinski definition) is 27. The molecule has 3 unspecified atom stereocenters. The largest absolute Gasteiger partial charge is 0.508 e. The monoisotopic (exact) mass is 1950 g/mol. The number of piperidine rings is 1. The maximum absolute atomic E-state index is 14.8. The van der Waals surface area contributed by atoms with E-state index in [1.807, 2.05) is 51.9 Å². The molecule has 4 aromatic rings. The van der Waals surface area contributed by atoms with Crippen LogP contribution in [-0.4, -0.2) is 271 Å². The van der Waals surface area contributed by atoms with Gasteiger partial charge in [0.05, 0.1) is 30.6 Å². The number of nitrogens with one attached hydrogen (secondary N) is 11. The number of nitrogens with two attached hydrogens (primary N) is 1. The van der Waals surface area contributed by atoms with Crippen LogP contribution in [0, 0.1) is 24.7 Å². The van der Waals surface area contributed by atoms with Gasteiger partial charge >= 0.3 is 47.9 Å². The smallest absolute Gasteiger partial charge is 0.426 e. The molecular weight excluding hydrogens is 1820 g/mol. The molecule has 45 heteroatoms. The fourth-order valence-electron chi connectivity index (χ4n) is 14.4. The number of phenols is 1. The quantitative estimate of drug-likeness (QED) is 0.00927. The van der Waals surface area contributed by atoms with E-state index < -0.39 is 194 Å². The number of carboxylic acids is 5. The number of aromatic nitrogens is 1. The van der Waals surface area contributed by atoms with Gasteiger partial charge in [0.15, 0.2) is 6.73 Å². The third-order valence-electron chi connectivity index (χ3n) is 22.2. The van der Waals surface area contributed by atoms with Crippen molar-refractivity contribution in [1.82, 2.24) is 73.5 Å². The summed E-state index contributed by atoms with van der Waals surface area (Å²) in [7, 11) is 3.83.